The number of hydrogen-bond donors (Lipinski definition) is 0. The zero-order valence-corrected chi connectivity index (χ0v) is 17.4. The molecule has 0 aliphatic carbocycles. The SMILES string of the molecule is CCN(CC)C(=O)Oc1c(N2CCCC2)c(=O)n(-c2ccccc2)c2ncccc12. The summed E-state index contributed by atoms with van der Waals surface area (Å²) >= 11 is 0. The summed E-state index contributed by atoms with van der Waals surface area (Å²) in [4.78, 5) is 34.7. The Morgan fingerprint density at radius 3 is 2.43 bits per heavy atom. The molecule has 30 heavy (non-hydrogen) atoms. The molecule has 0 unspecified atom stereocenters. The van der Waals surface area contributed by atoms with Crippen LogP contribution in [-0.2, 0) is 0 Å². The fraction of sp³-hybridized carbons (Fsp3) is 0.348. The van der Waals surface area contributed by atoms with Gasteiger partial charge in [0.05, 0.1) is 11.1 Å². The van der Waals surface area contributed by atoms with Crippen LogP contribution in [0.3, 0.4) is 0 Å². The minimum absolute atomic E-state index is 0.225. The van der Waals surface area contributed by atoms with Gasteiger partial charge in [0.1, 0.15) is 5.69 Å². The average Bonchev–Trinajstić information content (AvgIpc) is 3.30. The van der Waals surface area contributed by atoms with Gasteiger partial charge in [-0.05, 0) is 51.0 Å². The highest BCUT2D eigenvalue weighted by molar-refractivity contribution is 5.92. The molecule has 156 valence electrons. The molecular weight excluding hydrogens is 380 g/mol. The van der Waals surface area contributed by atoms with Crippen molar-refractivity contribution in [1.29, 1.82) is 0 Å². The maximum Gasteiger partial charge on any atom is 0.415 e. The van der Waals surface area contributed by atoms with Crippen molar-refractivity contribution >= 4 is 22.8 Å². The van der Waals surface area contributed by atoms with Gasteiger partial charge in [0.25, 0.3) is 5.56 Å². The van der Waals surface area contributed by atoms with Crippen molar-refractivity contribution in [2.75, 3.05) is 31.1 Å². The van der Waals surface area contributed by atoms with E-state index in [1.165, 1.54) is 0 Å². The smallest absolute Gasteiger partial charge is 0.407 e. The van der Waals surface area contributed by atoms with Crippen LogP contribution >= 0.6 is 0 Å². The van der Waals surface area contributed by atoms with E-state index in [1.807, 2.05) is 55.1 Å². The van der Waals surface area contributed by atoms with E-state index < -0.39 is 6.09 Å². The molecule has 7 nitrogen and oxygen atoms in total. The Hall–Kier alpha value is -3.35. The molecule has 0 bridgehead atoms. The fourth-order valence-corrected chi connectivity index (χ4v) is 3.95. The van der Waals surface area contributed by atoms with Crippen molar-refractivity contribution < 1.29 is 9.53 Å². The minimum Gasteiger partial charge on any atom is -0.407 e. The standard InChI is InChI=1S/C23H26N4O3/c1-3-25(4-2)23(29)30-20-18-13-10-14-24-21(18)27(17-11-6-5-7-12-17)22(28)19(20)26-15-8-9-16-26/h5-7,10-14H,3-4,8-9,15-16H2,1-2H3. The highest BCUT2D eigenvalue weighted by atomic mass is 16.6. The number of rotatable bonds is 5. The lowest BCUT2D eigenvalue weighted by atomic mass is 10.2. The summed E-state index contributed by atoms with van der Waals surface area (Å²) in [7, 11) is 0. The zero-order valence-electron chi connectivity index (χ0n) is 17.4. The summed E-state index contributed by atoms with van der Waals surface area (Å²) in [5, 5.41) is 0.642. The van der Waals surface area contributed by atoms with Crippen LogP contribution < -0.4 is 15.2 Å². The van der Waals surface area contributed by atoms with E-state index in [4.69, 9.17) is 4.74 Å². The number of amides is 1. The number of aromatic nitrogens is 2. The number of ether oxygens (including phenoxy) is 1. The molecule has 1 aliphatic rings. The van der Waals surface area contributed by atoms with Crippen molar-refractivity contribution in [3.05, 3.63) is 59.0 Å². The maximum atomic E-state index is 13.8. The van der Waals surface area contributed by atoms with E-state index in [0.717, 1.165) is 31.6 Å². The second-order valence-corrected chi connectivity index (χ2v) is 7.26. The predicted molar refractivity (Wildman–Crippen MR) is 118 cm³/mol. The zero-order chi connectivity index (χ0) is 21.1. The monoisotopic (exact) mass is 406 g/mol. The fourth-order valence-electron chi connectivity index (χ4n) is 3.95. The number of anilines is 1. The van der Waals surface area contributed by atoms with Gasteiger partial charge in [-0.2, -0.15) is 0 Å². The number of hydrogen-bond acceptors (Lipinski definition) is 5. The molecule has 0 atom stereocenters. The van der Waals surface area contributed by atoms with Crippen molar-refractivity contribution in [3.63, 3.8) is 0 Å². The molecule has 1 fully saturated rings. The molecule has 0 radical (unpaired) electrons. The molecule has 3 heterocycles. The van der Waals surface area contributed by atoms with Gasteiger partial charge in [-0.25, -0.2) is 9.78 Å². The molecule has 0 N–H and O–H groups in total. The molecule has 0 saturated carbocycles. The Kier molecular flexibility index (Phi) is 5.70. The molecule has 2 aromatic heterocycles. The second-order valence-electron chi connectivity index (χ2n) is 7.26. The first-order valence-electron chi connectivity index (χ1n) is 10.5. The third-order valence-corrected chi connectivity index (χ3v) is 5.51. The maximum absolute atomic E-state index is 13.8. The average molecular weight is 406 g/mol. The summed E-state index contributed by atoms with van der Waals surface area (Å²) in [5.41, 5.74) is 1.40. The van der Waals surface area contributed by atoms with Gasteiger partial charge in [-0.15, -0.1) is 0 Å². The molecule has 7 heteroatoms. The number of benzene rings is 1. The van der Waals surface area contributed by atoms with E-state index in [1.54, 1.807) is 21.7 Å². The van der Waals surface area contributed by atoms with Crippen LogP contribution in [0, 0.1) is 0 Å². The normalized spacial score (nSPS) is 13.6. The van der Waals surface area contributed by atoms with Gasteiger partial charge in [0.15, 0.2) is 11.4 Å². The van der Waals surface area contributed by atoms with E-state index in [2.05, 4.69) is 4.98 Å². The number of fused-ring (bicyclic) bond motifs is 1. The third kappa shape index (κ3) is 3.51. The lowest BCUT2D eigenvalue weighted by molar-refractivity contribution is 0.158. The minimum atomic E-state index is -0.456. The second kappa shape index (κ2) is 8.57. The molecule has 1 saturated heterocycles. The van der Waals surface area contributed by atoms with Crippen LogP contribution in [0.15, 0.2) is 53.5 Å². The van der Waals surface area contributed by atoms with Crippen LogP contribution in [-0.4, -0.2) is 46.7 Å². The molecule has 4 rings (SSSR count). The van der Waals surface area contributed by atoms with E-state index in [-0.39, 0.29) is 5.56 Å². The highest BCUT2D eigenvalue weighted by Gasteiger charge is 2.28. The topological polar surface area (TPSA) is 67.7 Å². The van der Waals surface area contributed by atoms with Gasteiger partial charge < -0.3 is 14.5 Å². The summed E-state index contributed by atoms with van der Waals surface area (Å²) < 4.78 is 7.49. The Morgan fingerprint density at radius 1 is 1.07 bits per heavy atom. The molecular formula is C23H26N4O3. The first-order valence-corrected chi connectivity index (χ1v) is 10.5. The van der Waals surface area contributed by atoms with Crippen LogP contribution in [0.2, 0.25) is 0 Å². The van der Waals surface area contributed by atoms with Gasteiger partial charge >= 0.3 is 6.09 Å². The van der Waals surface area contributed by atoms with Crippen LogP contribution in [0.4, 0.5) is 10.5 Å². The largest absolute Gasteiger partial charge is 0.415 e. The number of carbonyl (C=O) groups is 1. The Labute approximate surface area is 175 Å². The van der Waals surface area contributed by atoms with Gasteiger partial charge in [-0.1, -0.05) is 18.2 Å². The molecule has 1 aromatic carbocycles. The summed E-state index contributed by atoms with van der Waals surface area (Å²) in [6.07, 6.45) is 3.19. The van der Waals surface area contributed by atoms with Gasteiger partial charge in [0.2, 0.25) is 0 Å². The first-order chi connectivity index (χ1) is 14.7. The third-order valence-electron chi connectivity index (χ3n) is 5.51. The molecule has 1 aliphatic heterocycles. The number of carbonyl (C=O) groups excluding carboxylic acids is 1. The van der Waals surface area contributed by atoms with Crippen LogP contribution in [0.1, 0.15) is 26.7 Å². The van der Waals surface area contributed by atoms with Gasteiger partial charge in [0, 0.05) is 32.4 Å². The van der Waals surface area contributed by atoms with E-state index >= 15 is 0 Å². The first kappa shape index (κ1) is 19.9. The predicted octanol–water partition coefficient (Wildman–Crippen LogP) is 3.83. The Balaban J connectivity index is 1.99. The van der Waals surface area contributed by atoms with Crippen molar-refractivity contribution in [1.82, 2.24) is 14.5 Å². The van der Waals surface area contributed by atoms with Crippen molar-refractivity contribution in [2.45, 2.75) is 26.7 Å². The Morgan fingerprint density at radius 2 is 1.77 bits per heavy atom. The number of pyridine rings is 2. The summed E-state index contributed by atoms with van der Waals surface area (Å²) in [6, 6.07) is 13.1. The van der Waals surface area contributed by atoms with Crippen molar-refractivity contribution in [3.8, 4) is 11.4 Å². The molecule has 3 aromatic rings. The van der Waals surface area contributed by atoms with E-state index in [9.17, 15) is 9.59 Å². The molecule has 0 spiro atoms. The van der Waals surface area contributed by atoms with E-state index in [0.29, 0.717) is 35.6 Å². The number of nitrogens with zero attached hydrogens (tertiary/aromatic N) is 4. The number of para-hydroxylation sites is 1. The molecule has 1 amide bonds. The summed E-state index contributed by atoms with van der Waals surface area (Å²) in [5.74, 6) is 0.300. The van der Waals surface area contributed by atoms with Crippen molar-refractivity contribution in [2.24, 2.45) is 0 Å². The quantitative estimate of drug-likeness (QED) is 0.644. The summed E-state index contributed by atoms with van der Waals surface area (Å²) in [6.45, 7) is 6.38. The van der Waals surface area contributed by atoms with Gasteiger partial charge in [-0.3, -0.25) is 9.36 Å². The van der Waals surface area contributed by atoms with Crippen LogP contribution in [0.25, 0.3) is 16.7 Å². The highest BCUT2D eigenvalue weighted by Crippen LogP contribution is 2.35. The Bertz CT molecular complexity index is 1100. The van der Waals surface area contributed by atoms with Crippen LogP contribution in [0.5, 0.6) is 5.75 Å². The lowest BCUT2D eigenvalue weighted by Gasteiger charge is -2.25. The lowest BCUT2D eigenvalue weighted by Crippen LogP contribution is -2.35.